The van der Waals surface area contributed by atoms with Gasteiger partial charge >= 0.3 is 0 Å². The van der Waals surface area contributed by atoms with E-state index in [2.05, 4.69) is 17.2 Å². The summed E-state index contributed by atoms with van der Waals surface area (Å²) in [6.07, 6.45) is 2.64. The summed E-state index contributed by atoms with van der Waals surface area (Å²) in [5, 5.41) is 4.46. The standard InChI is InChI=1S/C10H17N3S/c1-6-7(2)14-10(12-6)13-9(5-11)8-3-4-8/h8-9H,3-5,11H2,1-2H3,(H,12,13). The summed E-state index contributed by atoms with van der Waals surface area (Å²) < 4.78 is 0. The fourth-order valence-electron chi connectivity index (χ4n) is 1.56. The molecule has 1 heterocycles. The fraction of sp³-hybridized carbons (Fsp3) is 0.700. The van der Waals surface area contributed by atoms with E-state index in [-0.39, 0.29) is 0 Å². The van der Waals surface area contributed by atoms with E-state index in [0.717, 1.165) is 16.7 Å². The van der Waals surface area contributed by atoms with Gasteiger partial charge in [0.2, 0.25) is 0 Å². The lowest BCUT2D eigenvalue weighted by Gasteiger charge is -2.14. The van der Waals surface area contributed by atoms with E-state index in [1.54, 1.807) is 11.3 Å². The molecule has 0 aliphatic heterocycles. The Hall–Kier alpha value is -0.610. The van der Waals surface area contributed by atoms with Crippen LogP contribution in [0.4, 0.5) is 5.13 Å². The summed E-state index contributed by atoms with van der Waals surface area (Å²) in [5.74, 6) is 0.782. The zero-order valence-corrected chi connectivity index (χ0v) is 9.53. The molecular formula is C10H17N3S. The first-order valence-corrected chi connectivity index (χ1v) is 5.93. The van der Waals surface area contributed by atoms with E-state index in [0.29, 0.717) is 12.6 Å². The minimum atomic E-state index is 0.431. The lowest BCUT2D eigenvalue weighted by molar-refractivity contribution is 0.644. The first-order chi connectivity index (χ1) is 6.70. The third-order valence-electron chi connectivity index (χ3n) is 2.78. The van der Waals surface area contributed by atoms with Crippen molar-refractivity contribution in [2.24, 2.45) is 11.7 Å². The highest BCUT2D eigenvalue weighted by Gasteiger charge is 2.30. The molecule has 2 rings (SSSR count). The minimum absolute atomic E-state index is 0.431. The molecule has 1 aliphatic rings. The number of anilines is 1. The first kappa shape index (κ1) is 9.93. The number of hydrogen-bond acceptors (Lipinski definition) is 4. The molecule has 1 atom stereocenters. The van der Waals surface area contributed by atoms with Crippen LogP contribution in [0.2, 0.25) is 0 Å². The highest BCUT2D eigenvalue weighted by Crippen LogP contribution is 2.34. The number of hydrogen-bond donors (Lipinski definition) is 2. The third kappa shape index (κ3) is 2.07. The monoisotopic (exact) mass is 211 g/mol. The van der Waals surface area contributed by atoms with Crippen LogP contribution in [0.15, 0.2) is 0 Å². The maximum absolute atomic E-state index is 5.72. The maximum Gasteiger partial charge on any atom is 0.183 e. The van der Waals surface area contributed by atoms with Gasteiger partial charge in [0.1, 0.15) is 0 Å². The van der Waals surface area contributed by atoms with Crippen LogP contribution in [-0.4, -0.2) is 17.6 Å². The Bertz CT molecular complexity index is 298. The Morgan fingerprint density at radius 1 is 1.57 bits per heavy atom. The summed E-state index contributed by atoms with van der Waals surface area (Å²) >= 11 is 1.73. The van der Waals surface area contributed by atoms with E-state index >= 15 is 0 Å². The number of rotatable bonds is 4. The van der Waals surface area contributed by atoms with Crippen LogP contribution in [0, 0.1) is 19.8 Å². The minimum Gasteiger partial charge on any atom is -0.357 e. The van der Waals surface area contributed by atoms with Crippen molar-refractivity contribution in [1.29, 1.82) is 0 Å². The zero-order chi connectivity index (χ0) is 10.1. The van der Waals surface area contributed by atoms with Crippen molar-refractivity contribution in [2.75, 3.05) is 11.9 Å². The van der Waals surface area contributed by atoms with Gasteiger partial charge in [-0.1, -0.05) is 0 Å². The number of nitrogens with two attached hydrogens (primary N) is 1. The molecular weight excluding hydrogens is 194 g/mol. The maximum atomic E-state index is 5.72. The normalized spacial score (nSPS) is 18.2. The lowest BCUT2D eigenvalue weighted by Crippen LogP contribution is -2.30. The lowest BCUT2D eigenvalue weighted by atomic mass is 10.2. The fourth-order valence-corrected chi connectivity index (χ4v) is 2.44. The molecule has 0 aromatic carbocycles. The van der Waals surface area contributed by atoms with Crippen molar-refractivity contribution >= 4 is 16.5 Å². The number of thiazole rings is 1. The van der Waals surface area contributed by atoms with Crippen LogP contribution in [0.25, 0.3) is 0 Å². The molecule has 1 aromatic heterocycles. The Balaban J connectivity index is 2.01. The van der Waals surface area contributed by atoms with E-state index < -0.39 is 0 Å². The van der Waals surface area contributed by atoms with Crippen molar-refractivity contribution in [3.8, 4) is 0 Å². The molecule has 0 radical (unpaired) electrons. The highest BCUT2D eigenvalue weighted by atomic mass is 32.1. The van der Waals surface area contributed by atoms with Crippen LogP contribution < -0.4 is 11.1 Å². The van der Waals surface area contributed by atoms with Crippen LogP contribution >= 0.6 is 11.3 Å². The average Bonchev–Trinajstić information content (AvgIpc) is 2.92. The van der Waals surface area contributed by atoms with Crippen LogP contribution in [0.1, 0.15) is 23.4 Å². The van der Waals surface area contributed by atoms with Crippen molar-refractivity contribution in [3.63, 3.8) is 0 Å². The predicted molar refractivity (Wildman–Crippen MR) is 60.8 cm³/mol. The average molecular weight is 211 g/mol. The van der Waals surface area contributed by atoms with Gasteiger partial charge in [0.25, 0.3) is 0 Å². The van der Waals surface area contributed by atoms with Crippen LogP contribution in [-0.2, 0) is 0 Å². The van der Waals surface area contributed by atoms with Crippen LogP contribution in [0.3, 0.4) is 0 Å². The van der Waals surface area contributed by atoms with Gasteiger partial charge < -0.3 is 11.1 Å². The van der Waals surface area contributed by atoms with Crippen molar-refractivity contribution in [2.45, 2.75) is 32.7 Å². The molecule has 1 aliphatic carbocycles. The second-order valence-corrected chi connectivity index (χ2v) is 5.19. The molecule has 0 amide bonds. The number of aromatic nitrogens is 1. The van der Waals surface area contributed by atoms with Crippen molar-refractivity contribution < 1.29 is 0 Å². The Morgan fingerprint density at radius 3 is 2.71 bits per heavy atom. The summed E-state index contributed by atoms with van der Waals surface area (Å²) in [6, 6.07) is 0.431. The number of nitrogens with one attached hydrogen (secondary N) is 1. The van der Waals surface area contributed by atoms with Gasteiger partial charge in [0.15, 0.2) is 5.13 Å². The second kappa shape index (κ2) is 3.87. The molecule has 0 saturated heterocycles. The Kier molecular flexibility index (Phi) is 2.74. The van der Waals surface area contributed by atoms with Gasteiger partial charge in [0, 0.05) is 17.5 Å². The molecule has 0 spiro atoms. The van der Waals surface area contributed by atoms with Gasteiger partial charge in [-0.05, 0) is 32.6 Å². The molecule has 14 heavy (non-hydrogen) atoms. The predicted octanol–water partition coefficient (Wildman–Crippen LogP) is 1.91. The number of nitrogens with zero attached hydrogens (tertiary/aromatic N) is 1. The highest BCUT2D eigenvalue weighted by molar-refractivity contribution is 7.15. The SMILES string of the molecule is Cc1nc(NC(CN)C2CC2)sc1C. The summed E-state index contributed by atoms with van der Waals surface area (Å²) in [6.45, 7) is 4.86. The Labute approximate surface area is 88.7 Å². The van der Waals surface area contributed by atoms with E-state index in [1.807, 2.05) is 6.92 Å². The molecule has 3 nitrogen and oxygen atoms in total. The van der Waals surface area contributed by atoms with Crippen molar-refractivity contribution in [3.05, 3.63) is 10.6 Å². The molecule has 1 saturated carbocycles. The first-order valence-electron chi connectivity index (χ1n) is 5.11. The Morgan fingerprint density at radius 2 is 2.29 bits per heavy atom. The molecule has 4 heteroatoms. The summed E-state index contributed by atoms with van der Waals surface area (Å²) in [7, 11) is 0. The summed E-state index contributed by atoms with van der Waals surface area (Å²) in [5.41, 5.74) is 6.85. The van der Waals surface area contributed by atoms with Crippen molar-refractivity contribution in [1.82, 2.24) is 4.98 Å². The molecule has 1 aromatic rings. The zero-order valence-electron chi connectivity index (χ0n) is 8.71. The van der Waals surface area contributed by atoms with Gasteiger partial charge in [-0.3, -0.25) is 0 Å². The summed E-state index contributed by atoms with van der Waals surface area (Å²) in [4.78, 5) is 5.75. The van der Waals surface area contributed by atoms with E-state index in [9.17, 15) is 0 Å². The third-order valence-corrected chi connectivity index (χ3v) is 3.79. The largest absolute Gasteiger partial charge is 0.357 e. The quantitative estimate of drug-likeness (QED) is 0.800. The second-order valence-electron chi connectivity index (χ2n) is 3.98. The topological polar surface area (TPSA) is 50.9 Å². The van der Waals surface area contributed by atoms with E-state index in [1.165, 1.54) is 17.7 Å². The molecule has 1 fully saturated rings. The smallest absolute Gasteiger partial charge is 0.183 e. The van der Waals surface area contributed by atoms with E-state index in [4.69, 9.17) is 5.73 Å². The number of aryl methyl sites for hydroxylation is 2. The molecule has 78 valence electrons. The molecule has 0 bridgehead atoms. The van der Waals surface area contributed by atoms with Gasteiger partial charge in [-0.25, -0.2) is 4.98 Å². The molecule has 3 N–H and O–H groups in total. The van der Waals surface area contributed by atoms with Gasteiger partial charge in [0.05, 0.1) is 5.69 Å². The van der Waals surface area contributed by atoms with Gasteiger partial charge in [-0.15, -0.1) is 11.3 Å². The van der Waals surface area contributed by atoms with Gasteiger partial charge in [-0.2, -0.15) is 0 Å². The molecule has 1 unspecified atom stereocenters. The van der Waals surface area contributed by atoms with Crippen LogP contribution in [0.5, 0.6) is 0 Å².